The molecule has 0 aliphatic carbocycles. The zero-order valence-electron chi connectivity index (χ0n) is 19.1. The van der Waals surface area contributed by atoms with Crippen molar-refractivity contribution >= 4 is 23.6 Å². The van der Waals surface area contributed by atoms with Gasteiger partial charge in [0.1, 0.15) is 17.1 Å². The minimum atomic E-state index is -4.94. The highest BCUT2D eigenvalue weighted by atomic mass is 35.5. The zero-order valence-corrected chi connectivity index (χ0v) is 19.8. The molecule has 2 aromatic carbocycles. The summed E-state index contributed by atoms with van der Waals surface area (Å²) < 4.78 is 45.8. The van der Waals surface area contributed by atoms with E-state index in [9.17, 15) is 22.8 Å². The Hall–Kier alpha value is -3.57. The van der Waals surface area contributed by atoms with E-state index in [0.29, 0.717) is 47.0 Å². The molecule has 1 aliphatic rings. The number of carbonyl (C=O) groups excluding carboxylic acids is 1. The molecule has 1 fully saturated rings. The van der Waals surface area contributed by atoms with Gasteiger partial charge in [-0.25, -0.2) is 9.59 Å². The van der Waals surface area contributed by atoms with Crippen molar-refractivity contribution in [2.24, 2.45) is 0 Å². The third-order valence-corrected chi connectivity index (χ3v) is 5.98. The first-order valence-corrected chi connectivity index (χ1v) is 11.3. The maximum atomic E-state index is 13.2. The fraction of sp³-hybridized carbons (Fsp3) is 0.292. The summed E-state index contributed by atoms with van der Waals surface area (Å²) in [5, 5.41) is 13.1. The van der Waals surface area contributed by atoms with E-state index in [4.69, 9.17) is 21.4 Å². The van der Waals surface area contributed by atoms with E-state index in [-0.39, 0.29) is 12.6 Å². The lowest BCUT2D eigenvalue weighted by atomic mass is 10.1. The molecule has 1 saturated heterocycles. The number of hydrogen-bond donors (Lipinski definition) is 1. The van der Waals surface area contributed by atoms with Crippen LogP contribution in [0.3, 0.4) is 0 Å². The van der Waals surface area contributed by atoms with E-state index in [1.54, 1.807) is 31.2 Å². The number of ether oxygens (including phenoxy) is 1. The molecule has 0 saturated carbocycles. The van der Waals surface area contributed by atoms with Crippen LogP contribution in [0.4, 0.5) is 18.0 Å². The van der Waals surface area contributed by atoms with E-state index in [1.165, 1.54) is 4.90 Å². The van der Waals surface area contributed by atoms with Crippen LogP contribution in [0.5, 0.6) is 11.5 Å². The van der Waals surface area contributed by atoms with E-state index in [0.717, 1.165) is 5.56 Å². The number of piperazine rings is 1. The van der Waals surface area contributed by atoms with Crippen molar-refractivity contribution in [2.75, 3.05) is 19.6 Å². The van der Waals surface area contributed by atoms with Gasteiger partial charge in [0.25, 0.3) is 0 Å². The number of aromatic nitrogens is 2. The maximum absolute atomic E-state index is 13.2. The standard InChI is InChI=1S/C24H22ClF3N4O4/c1-15-12-30(13-16-3-2-4-19(11-16)36-18-7-5-17(25)6-8-18)9-10-31(15)23(35)32-14-20(24(26,27)28)21(29-32)22(33)34/h2-8,11,14-15H,9-10,12-13H2,1H3,(H,33,34)/t15-/m0/s1. The summed E-state index contributed by atoms with van der Waals surface area (Å²) in [6, 6.07) is 13.4. The third-order valence-electron chi connectivity index (χ3n) is 5.73. The molecule has 0 spiro atoms. The Morgan fingerprint density at radius 3 is 2.47 bits per heavy atom. The van der Waals surface area contributed by atoms with Crippen LogP contribution in [0.15, 0.2) is 54.7 Å². The van der Waals surface area contributed by atoms with Gasteiger partial charge in [-0.3, -0.25) is 4.90 Å². The Morgan fingerprint density at radius 1 is 1.14 bits per heavy atom. The van der Waals surface area contributed by atoms with Crippen LogP contribution in [0, 0.1) is 0 Å². The summed E-state index contributed by atoms with van der Waals surface area (Å²) in [5.74, 6) is -0.547. The van der Waals surface area contributed by atoms with Gasteiger partial charge in [0.15, 0.2) is 5.69 Å². The van der Waals surface area contributed by atoms with Crippen molar-refractivity contribution in [3.05, 3.63) is 76.6 Å². The summed E-state index contributed by atoms with van der Waals surface area (Å²) in [5.41, 5.74) is -1.68. The average molecular weight is 523 g/mol. The highest BCUT2D eigenvalue weighted by molar-refractivity contribution is 6.30. The highest BCUT2D eigenvalue weighted by Crippen LogP contribution is 2.32. The lowest BCUT2D eigenvalue weighted by molar-refractivity contribution is -0.138. The van der Waals surface area contributed by atoms with Gasteiger partial charge < -0.3 is 14.7 Å². The molecule has 8 nitrogen and oxygen atoms in total. The minimum absolute atomic E-state index is 0.241. The van der Waals surface area contributed by atoms with Gasteiger partial charge in [-0.15, -0.1) is 0 Å². The summed E-state index contributed by atoms with van der Waals surface area (Å²) in [6.07, 6.45) is -4.51. The molecule has 1 aromatic heterocycles. The monoisotopic (exact) mass is 522 g/mol. The Labute approximate surface area is 209 Å². The zero-order chi connectivity index (χ0) is 26.0. The smallest absolute Gasteiger partial charge is 0.420 e. The SMILES string of the molecule is C[C@H]1CN(Cc2cccc(Oc3ccc(Cl)cc3)c2)CCN1C(=O)n1cc(C(F)(F)F)c(C(=O)O)n1. The van der Waals surface area contributed by atoms with Crippen molar-refractivity contribution in [3.8, 4) is 11.5 Å². The number of benzene rings is 2. The molecule has 12 heteroatoms. The fourth-order valence-corrected chi connectivity index (χ4v) is 4.16. The van der Waals surface area contributed by atoms with Crippen LogP contribution >= 0.6 is 11.6 Å². The van der Waals surface area contributed by atoms with Gasteiger partial charge in [-0.2, -0.15) is 23.0 Å². The quantitative estimate of drug-likeness (QED) is 0.494. The molecule has 0 unspecified atom stereocenters. The number of halogens is 4. The second-order valence-corrected chi connectivity index (χ2v) is 8.84. The number of carboxylic acids is 1. The average Bonchev–Trinajstić information content (AvgIpc) is 3.27. The van der Waals surface area contributed by atoms with Gasteiger partial charge in [0.05, 0.1) is 0 Å². The number of carbonyl (C=O) groups is 2. The number of alkyl halides is 3. The topological polar surface area (TPSA) is 87.9 Å². The van der Waals surface area contributed by atoms with Gasteiger partial charge in [0.2, 0.25) is 0 Å². The largest absolute Gasteiger partial charge is 0.476 e. The van der Waals surface area contributed by atoms with Crippen LogP contribution in [-0.2, 0) is 12.7 Å². The van der Waals surface area contributed by atoms with Crippen LogP contribution < -0.4 is 4.74 Å². The number of rotatable bonds is 5. The Kier molecular flexibility index (Phi) is 7.23. The predicted molar refractivity (Wildman–Crippen MR) is 124 cm³/mol. The molecule has 0 radical (unpaired) electrons. The lowest BCUT2D eigenvalue weighted by Gasteiger charge is -2.39. The first-order chi connectivity index (χ1) is 17.0. The van der Waals surface area contributed by atoms with Gasteiger partial charge >= 0.3 is 18.2 Å². The highest BCUT2D eigenvalue weighted by Gasteiger charge is 2.40. The minimum Gasteiger partial charge on any atom is -0.476 e. The summed E-state index contributed by atoms with van der Waals surface area (Å²) in [7, 11) is 0. The van der Waals surface area contributed by atoms with E-state index >= 15 is 0 Å². The molecular weight excluding hydrogens is 501 g/mol. The van der Waals surface area contributed by atoms with Crippen molar-refractivity contribution in [2.45, 2.75) is 25.7 Å². The molecule has 190 valence electrons. The van der Waals surface area contributed by atoms with Crippen LogP contribution in [0.1, 0.15) is 28.5 Å². The van der Waals surface area contributed by atoms with Crippen LogP contribution in [0.2, 0.25) is 5.02 Å². The lowest BCUT2D eigenvalue weighted by Crippen LogP contribution is -2.54. The van der Waals surface area contributed by atoms with Crippen molar-refractivity contribution in [1.82, 2.24) is 19.6 Å². The number of hydrogen-bond acceptors (Lipinski definition) is 5. The third kappa shape index (κ3) is 5.80. The first-order valence-electron chi connectivity index (χ1n) is 11.0. The molecule has 2 heterocycles. The molecule has 36 heavy (non-hydrogen) atoms. The van der Waals surface area contributed by atoms with Gasteiger partial charge in [-0.1, -0.05) is 23.7 Å². The molecule has 1 atom stereocenters. The number of nitrogens with zero attached hydrogens (tertiary/aromatic N) is 4. The molecule has 3 aromatic rings. The second kappa shape index (κ2) is 10.2. The first kappa shape index (κ1) is 25.5. The second-order valence-electron chi connectivity index (χ2n) is 8.40. The normalized spacial score (nSPS) is 16.7. The number of amides is 1. The predicted octanol–water partition coefficient (Wildman–Crippen LogP) is 5.22. The molecule has 1 amide bonds. The van der Waals surface area contributed by atoms with Crippen molar-refractivity contribution < 1.29 is 32.6 Å². The van der Waals surface area contributed by atoms with Gasteiger partial charge in [-0.05, 0) is 48.9 Å². The molecule has 1 N–H and O–H groups in total. The Bertz CT molecular complexity index is 1260. The molecule has 4 rings (SSSR count). The maximum Gasteiger partial charge on any atom is 0.420 e. The Morgan fingerprint density at radius 2 is 1.86 bits per heavy atom. The van der Waals surface area contributed by atoms with Crippen molar-refractivity contribution in [1.29, 1.82) is 0 Å². The Balaban J connectivity index is 1.40. The molecular formula is C24H22ClF3N4O4. The summed E-state index contributed by atoms with van der Waals surface area (Å²) in [4.78, 5) is 27.5. The number of carboxylic acid groups (broad SMARTS) is 1. The van der Waals surface area contributed by atoms with Gasteiger partial charge in [0, 0.05) is 43.4 Å². The van der Waals surface area contributed by atoms with Crippen LogP contribution in [0.25, 0.3) is 0 Å². The van der Waals surface area contributed by atoms with E-state index in [1.807, 2.05) is 24.3 Å². The van der Waals surface area contributed by atoms with E-state index in [2.05, 4.69) is 10.00 Å². The van der Waals surface area contributed by atoms with Crippen LogP contribution in [-0.4, -0.2) is 62.4 Å². The summed E-state index contributed by atoms with van der Waals surface area (Å²) in [6.45, 7) is 3.53. The van der Waals surface area contributed by atoms with E-state index < -0.39 is 29.4 Å². The molecule has 1 aliphatic heterocycles. The molecule has 0 bridgehead atoms. The van der Waals surface area contributed by atoms with Crippen molar-refractivity contribution in [3.63, 3.8) is 0 Å². The number of aromatic carboxylic acids is 1. The fourth-order valence-electron chi connectivity index (χ4n) is 4.03. The summed E-state index contributed by atoms with van der Waals surface area (Å²) >= 11 is 5.90.